The van der Waals surface area contributed by atoms with E-state index in [0.717, 1.165) is 60.3 Å². The van der Waals surface area contributed by atoms with E-state index in [1.54, 1.807) is 6.07 Å². The van der Waals surface area contributed by atoms with E-state index >= 15 is 0 Å². The zero-order valence-electron chi connectivity index (χ0n) is 20.1. The van der Waals surface area contributed by atoms with E-state index in [1.807, 2.05) is 30.3 Å². The first-order valence-corrected chi connectivity index (χ1v) is 12.6. The lowest BCUT2D eigenvalue weighted by Crippen LogP contribution is -2.39. The topological polar surface area (TPSA) is 61.3 Å². The van der Waals surface area contributed by atoms with Gasteiger partial charge in [-0.1, -0.05) is 60.7 Å². The quantitative estimate of drug-likeness (QED) is 0.274. The number of hydrogen-bond donors (Lipinski definition) is 2. The molecule has 1 fully saturated rings. The number of para-hydroxylation sites is 1. The Morgan fingerprint density at radius 2 is 1.75 bits per heavy atom. The summed E-state index contributed by atoms with van der Waals surface area (Å²) in [5.41, 5.74) is 5.58. The van der Waals surface area contributed by atoms with Gasteiger partial charge in [-0.25, -0.2) is 4.79 Å². The maximum absolute atomic E-state index is 12.3. The van der Waals surface area contributed by atoms with E-state index in [9.17, 15) is 4.79 Å². The second kappa shape index (κ2) is 9.88. The lowest BCUT2D eigenvalue weighted by atomic mass is 10.0. The Kier molecular flexibility index (Phi) is 6.14. The molecule has 5 aromatic rings. The van der Waals surface area contributed by atoms with Crippen molar-refractivity contribution in [2.45, 2.75) is 18.9 Å². The average molecular weight is 476 g/mol. The molecule has 0 atom stereocenters. The highest BCUT2D eigenvalue weighted by atomic mass is 16.4. The van der Waals surface area contributed by atoms with Gasteiger partial charge in [0.2, 0.25) is 0 Å². The van der Waals surface area contributed by atoms with Gasteiger partial charge in [0.15, 0.2) is 0 Å². The Bertz CT molecular complexity index is 1540. The van der Waals surface area contributed by atoms with Crippen molar-refractivity contribution >= 4 is 33.6 Å². The molecule has 0 amide bonds. The Balaban J connectivity index is 1.17. The summed E-state index contributed by atoms with van der Waals surface area (Å²) < 4.78 is 5.52. The molecule has 0 unspecified atom stereocenters. The number of aromatic amines is 1. The van der Waals surface area contributed by atoms with Crippen LogP contribution in [0.15, 0.2) is 100 Å². The van der Waals surface area contributed by atoms with Crippen LogP contribution in [0.1, 0.15) is 18.4 Å². The molecular weight excluding hydrogens is 446 g/mol. The zero-order valence-corrected chi connectivity index (χ0v) is 20.1. The van der Waals surface area contributed by atoms with Crippen molar-refractivity contribution < 1.29 is 4.42 Å². The van der Waals surface area contributed by atoms with Gasteiger partial charge in [0, 0.05) is 53.7 Å². The number of nitrogens with one attached hydrogen (secondary N) is 2. The van der Waals surface area contributed by atoms with Gasteiger partial charge in [-0.3, -0.25) is 4.90 Å². The second-order valence-electron chi connectivity index (χ2n) is 9.49. The molecule has 6 rings (SSSR count). The van der Waals surface area contributed by atoms with Crippen molar-refractivity contribution in [1.29, 1.82) is 0 Å². The van der Waals surface area contributed by atoms with Crippen molar-refractivity contribution in [2.24, 2.45) is 0 Å². The summed E-state index contributed by atoms with van der Waals surface area (Å²) in [4.78, 5) is 18.2. The summed E-state index contributed by atoms with van der Waals surface area (Å²) in [6.45, 7) is 3.00. The summed E-state index contributed by atoms with van der Waals surface area (Å²) in [6.07, 6.45) is 6.49. The summed E-state index contributed by atoms with van der Waals surface area (Å²) >= 11 is 0. The van der Waals surface area contributed by atoms with Crippen LogP contribution >= 0.6 is 0 Å². The summed E-state index contributed by atoms with van der Waals surface area (Å²) in [7, 11) is 0. The van der Waals surface area contributed by atoms with E-state index < -0.39 is 0 Å². The van der Waals surface area contributed by atoms with E-state index in [1.165, 1.54) is 10.9 Å². The molecule has 5 nitrogen and oxygen atoms in total. The maximum Gasteiger partial charge on any atom is 0.338 e. The van der Waals surface area contributed by atoms with Crippen LogP contribution in [0.3, 0.4) is 0 Å². The van der Waals surface area contributed by atoms with Crippen molar-refractivity contribution in [1.82, 2.24) is 9.88 Å². The first-order valence-electron chi connectivity index (χ1n) is 12.6. The van der Waals surface area contributed by atoms with Gasteiger partial charge in [0.25, 0.3) is 0 Å². The van der Waals surface area contributed by atoms with Crippen LogP contribution in [-0.2, 0) is 0 Å². The third kappa shape index (κ3) is 4.83. The zero-order chi connectivity index (χ0) is 24.3. The van der Waals surface area contributed by atoms with E-state index in [4.69, 9.17) is 4.42 Å². The van der Waals surface area contributed by atoms with Crippen LogP contribution in [0.5, 0.6) is 0 Å². The smallest absolute Gasteiger partial charge is 0.338 e. The number of rotatable bonds is 6. The van der Waals surface area contributed by atoms with Crippen molar-refractivity contribution in [3.63, 3.8) is 0 Å². The molecule has 0 saturated carbocycles. The van der Waals surface area contributed by atoms with Crippen LogP contribution in [0.4, 0.5) is 5.69 Å². The largest absolute Gasteiger partial charge is 0.423 e. The molecule has 1 aliphatic rings. The van der Waals surface area contributed by atoms with Gasteiger partial charge in [-0.15, -0.1) is 0 Å². The standard InChI is InChI=1S/C31H29N3O2/c35-31-21-29(32-25-14-17-34(18-15-25)16-6-9-22-7-2-1-3-8-22)26-19-24(12-13-30(26)36-31)28-20-23-10-4-5-11-27(23)33-28/h1-13,19-21,25,32-33H,14-18H2/b9-6+. The minimum absolute atomic E-state index is 0.320. The number of anilines is 1. The SMILES string of the molecule is O=c1cc(NC2CCN(C/C=C/c3ccccc3)CC2)c2cc(-c3cc4ccccc4[nH]3)ccc2o1. The van der Waals surface area contributed by atoms with Crippen molar-refractivity contribution in [2.75, 3.05) is 25.0 Å². The Morgan fingerprint density at radius 1 is 0.944 bits per heavy atom. The molecule has 2 N–H and O–H groups in total. The fraction of sp³-hybridized carbons (Fsp3) is 0.194. The molecule has 5 heteroatoms. The van der Waals surface area contributed by atoms with Gasteiger partial charge in [-0.05, 0) is 54.3 Å². The lowest BCUT2D eigenvalue weighted by molar-refractivity contribution is 0.240. The van der Waals surface area contributed by atoms with Gasteiger partial charge < -0.3 is 14.7 Å². The van der Waals surface area contributed by atoms with Crippen molar-refractivity contribution in [3.8, 4) is 11.3 Å². The molecule has 0 aliphatic carbocycles. The first kappa shape index (κ1) is 22.4. The Labute approximate surface area is 210 Å². The maximum atomic E-state index is 12.3. The summed E-state index contributed by atoms with van der Waals surface area (Å²) in [5.74, 6) is 0. The molecule has 2 aromatic heterocycles. The molecule has 1 saturated heterocycles. The molecule has 3 heterocycles. The minimum atomic E-state index is -0.327. The van der Waals surface area contributed by atoms with Crippen LogP contribution in [0, 0.1) is 0 Å². The van der Waals surface area contributed by atoms with Gasteiger partial charge >= 0.3 is 5.63 Å². The average Bonchev–Trinajstić information content (AvgIpc) is 3.35. The summed E-state index contributed by atoms with van der Waals surface area (Å²) in [5, 5.41) is 5.76. The van der Waals surface area contributed by atoms with E-state index in [-0.39, 0.29) is 5.63 Å². The predicted octanol–water partition coefficient (Wildman–Crippen LogP) is 6.53. The van der Waals surface area contributed by atoms with Crippen LogP contribution in [0.2, 0.25) is 0 Å². The third-order valence-corrected chi connectivity index (χ3v) is 7.00. The van der Waals surface area contributed by atoms with Gasteiger partial charge in [-0.2, -0.15) is 0 Å². The van der Waals surface area contributed by atoms with Gasteiger partial charge in [0.05, 0.1) is 5.69 Å². The van der Waals surface area contributed by atoms with Crippen LogP contribution in [0.25, 0.3) is 39.2 Å². The number of nitrogens with zero attached hydrogens (tertiary/aromatic N) is 1. The number of hydrogen-bond acceptors (Lipinski definition) is 4. The molecule has 3 aromatic carbocycles. The molecule has 1 aliphatic heterocycles. The van der Waals surface area contributed by atoms with Gasteiger partial charge in [0.1, 0.15) is 5.58 Å². The fourth-order valence-corrected chi connectivity index (χ4v) is 5.06. The molecule has 0 bridgehead atoms. The summed E-state index contributed by atoms with van der Waals surface area (Å²) in [6, 6.07) is 28.7. The van der Waals surface area contributed by atoms with Crippen molar-refractivity contribution in [3.05, 3.63) is 107 Å². The molecule has 0 radical (unpaired) electrons. The highest BCUT2D eigenvalue weighted by Crippen LogP contribution is 2.30. The van der Waals surface area contributed by atoms with Crippen LogP contribution in [-0.4, -0.2) is 35.6 Å². The van der Waals surface area contributed by atoms with Crippen LogP contribution < -0.4 is 10.9 Å². The number of likely N-dealkylation sites (tertiary alicyclic amines) is 1. The minimum Gasteiger partial charge on any atom is -0.423 e. The number of aromatic nitrogens is 1. The molecule has 0 spiro atoms. The third-order valence-electron chi connectivity index (χ3n) is 7.00. The van der Waals surface area contributed by atoms with E-state index in [0.29, 0.717) is 11.6 Å². The first-order chi connectivity index (χ1) is 17.7. The lowest BCUT2D eigenvalue weighted by Gasteiger charge is -2.32. The number of H-pyrrole nitrogens is 1. The number of fused-ring (bicyclic) bond motifs is 2. The van der Waals surface area contributed by atoms with E-state index in [2.05, 4.69) is 75.9 Å². The fourth-order valence-electron chi connectivity index (χ4n) is 5.06. The Morgan fingerprint density at radius 3 is 2.58 bits per heavy atom. The molecule has 36 heavy (non-hydrogen) atoms. The number of piperidine rings is 1. The predicted molar refractivity (Wildman–Crippen MR) is 148 cm³/mol. The monoisotopic (exact) mass is 475 g/mol. The molecular formula is C31H29N3O2. The normalized spacial score (nSPS) is 15.2. The highest BCUT2D eigenvalue weighted by Gasteiger charge is 2.20. The Hall–Kier alpha value is -4.09. The number of benzene rings is 3. The second-order valence-corrected chi connectivity index (χ2v) is 9.49. The highest BCUT2D eigenvalue weighted by molar-refractivity contribution is 5.94. The molecule has 180 valence electrons.